The molecule has 8 heteroatoms. The molecule has 1 aliphatic rings. The monoisotopic (exact) mass is 413 g/mol. The van der Waals surface area contributed by atoms with E-state index in [0.717, 1.165) is 11.1 Å². The average molecular weight is 414 g/mol. The molecular formula is C21H20ClN3O4. The molecule has 150 valence electrons. The summed E-state index contributed by atoms with van der Waals surface area (Å²) in [5.41, 5.74) is 1.69. The number of benzene rings is 2. The zero-order chi connectivity index (χ0) is 20.4. The van der Waals surface area contributed by atoms with Crippen molar-refractivity contribution in [3.05, 3.63) is 58.9 Å². The van der Waals surface area contributed by atoms with E-state index in [1.807, 2.05) is 30.3 Å². The molecule has 1 atom stereocenters. The average Bonchev–Trinajstić information content (AvgIpc) is 3.36. The standard InChI is InChI=1S/C21H20ClN3O4/c1-27-17-7-8-18(28-2)14(9-17)11-25-12-15(10-19(25)26)21-23-20(24-29-21)13-3-5-16(22)6-4-13/h3-9,15H,10-12H2,1-2H3. The van der Waals surface area contributed by atoms with Crippen LogP contribution in [0.1, 0.15) is 23.8 Å². The second-order valence-corrected chi connectivity index (χ2v) is 7.25. The highest BCUT2D eigenvalue weighted by Crippen LogP contribution is 2.32. The number of methoxy groups -OCH3 is 2. The Balaban J connectivity index is 1.49. The van der Waals surface area contributed by atoms with Crippen molar-refractivity contribution in [1.29, 1.82) is 0 Å². The molecule has 3 aromatic rings. The minimum Gasteiger partial charge on any atom is -0.497 e. The lowest BCUT2D eigenvalue weighted by atomic mass is 10.1. The molecule has 0 radical (unpaired) electrons. The Labute approximate surface area is 173 Å². The first-order chi connectivity index (χ1) is 14.1. The van der Waals surface area contributed by atoms with Gasteiger partial charge < -0.3 is 18.9 Å². The topological polar surface area (TPSA) is 77.7 Å². The summed E-state index contributed by atoms with van der Waals surface area (Å²) in [6.07, 6.45) is 0.328. The van der Waals surface area contributed by atoms with Crippen LogP contribution in [0, 0.1) is 0 Å². The van der Waals surface area contributed by atoms with Crippen molar-refractivity contribution in [3.63, 3.8) is 0 Å². The SMILES string of the molecule is COc1ccc(OC)c(CN2CC(c3nc(-c4ccc(Cl)cc4)no3)CC2=O)c1. The minimum absolute atomic E-state index is 0.0334. The zero-order valence-corrected chi connectivity index (χ0v) is 16.8. The molecule has 1 aliphatic heterocycles. The van der Waals surface area contributed by atoms with Gasteiger partial charge in [-0.25, -0.2) is 0 Å². The van der Waals surface area contributed by atoms with E-state index in [9.17, 15) is 4.79 Å². The summed E-state index contributed by atoms with van der Waals surface area (Å²) in [6.45, 7) is 0.926. The van der Waals surface area contributed by atoms with Crippen LogP contribution in [0.15, 0.2) is 47.0 Å². The van der Waals surface area contributed by atoms with E-state index in [1.54, 1.807) is 31.3 Å². The molecule has 29 heavy (non-hydrogen) atoms. The highest BCUT2D eigenvalue weighted by Gasteiger charge is 2.34. The number of halogens is 1. The lowest BCUT2D eigenvalue weighted by Gasteiger charge is -2.18. The largest absolute Gasteiger partial charge is 0.497 e. The first-order valence-electron chi connectivity index (χ1n) is 9.15. The van der Waals surface area contributed by atoms with E-state index in [2.05, 4.69) is 10.1 Å². The third-order valence-electron chi connectivity index (χ3n) is 4.96. The number of carbonyl (C=O) groups excluding carboxylic acids is 1. The van der Waals surface area contributed by atoms with Gasteiger partial charge in [0.2, 0.25) is 17.6 Å². The fraction of sp³-hybridized carbons (Fsp3) is 0.286. The van der Waals surface area contributed by atoms with E-state index in [0.29, 0.717) is 47.7 Å². The van der Waals surface area contributed by atoms with Gasteiger partial charge in [-0.05, 0) is 42.5 Å². The summed E-state index contributed by atoms with van der Waals surface area (Å²) in [7, 11) is 3.22. The molecule has 1 amide bonds. The van der Waals surface area contributed by atoms with Gasteiger partial charge in [0.05, 0.1) is 20.1 Å². The van der Waals surface area contributed by atoms with Crippen molar-refractivity contribution in [2.45, 2.75) is 18.9 Å². The number of rotatable bonds is 6. The first-order valence-corrected chi connectivity index (χ1v) is 9.53. The van der Waals surface area contributed by atoms with E-state index in [1.165, 1.54) is 0 Å². The maximum Gasteiger partial charge on any atom is 0.232 e. The van der Waals surface area contributed by atoms with E-state index >= 15 is 0 Å². The van der Waals surface area contributed by atoms with Crippen LogP contribution in [0.2, 0.25) is 5.02 Å². The summed E-state index contributed by atoms with van der Waals surface area (Å²) in [6, 6.07) is 12.8. The van der Waals surface area contributed by atoms with Crippen molar-refractivity contribution in [2.75, 3.05) is 20.8 Å². The van der Waals surface area contributed by atoms with Gasteiger partial charge in [0.25, 0.3) is 0 Å². The normalized spacial score (nSPS) is 16.3. The number of hydrogen-bond acceptors (Lipinski definition) is 6. The number of ether oxygens (including phenoxy) is 2. The third-order valence-corrected chi connectivity index (χ3v) is 5.21. The maximum absolute atomic E-state index is 12.6. The fourth-order valence-corrected chi connectivity index (χ4v) is 3.54. The van der Waals surface area contributed by atoms with Crippen molar-refractivity contribution in [2.24, 2.45) is 0 Å². The summed E-state index contributed by atoms with van der Waals surface area (Å²) >= 11 is 5.92. The minimum atomic E-state index is -0.146. The van der Waals surface area contributed by atoms with E-state index in [4.69, 9.17) is 25.6 Å². The summed E-state index contributed by atoms with van der Waals surface area (Å²) in [5, 5.41) is 4.69. The molecule has 4 rings (SSSR count). The van der Waals surface area contributed by atoms with Crippen LogP contribution in [0.3, 0.4) is 0 Å². The molecule has 0 saturated carbocycles. The number of carbonyl (C=O) groups is 1. The zero-order valence-electron chi connectivity index (χ0n) is 16.1. The van der Waals surface area contributed by atoms with Gasteiger partial charge in [0.15, 0.2) is 0 Å². The third kappa shape index (κ3) is 4.05. The van der Waals surface area contributed by atoms with Gasteiger partial charge in [-0.1, -0.05) is 16.8 Å². The van der Waals surface area contributed by atoms with Crippen LogP contribution >= 0.6 is 11.6 Å². The van der Waals surface area contributed by atoms with Crippen LogP contribution < -0.4 is 9.47 Å². The van der Waals surface area contributed by atoms with Gasteiger partial charge >= 0.3 is 0 Å². The second-order valence-electron chi connectivity index (χ2n) is 6.82. The smallest absolute Gasteiger partial charge is 0.232 e. The first kappa shape index (κ1) is 19.3. The summed E-state index contributed by atoms with van der Waals surface area (Å²) in [4.78, 5) is 18.8. The van der Waals surface area contributed by atoms with Gasteiger partial charge in [-0.15, -0.1) is 0 Å². The van der Waals surface area contributed by atoms with Crippen LogP contribution in [0.25, 0.3) is 11.4 Å². The van der Waals surface area contributed by atoms with E-state index < -0.39 is 0 Å². The van der Waals surface area contributed by atoms with Crippen LogP contribution in [0.5, 0.6) is 11.5 Å². The molecule has 1 unspecified atom stereocenters. The highest BCUT2D eigenvalue weighted by molar-refractivity contribution is 6.30. The van der Waals surface area contributed by atoms with Crippen LogP contribution in [0.4, 0.5) is 0 Å². The number of nitrogens with zero attached hydrogens (tertiary/aromatic N) is 3. The van der Waals surface area contributed by atoms with Gasteiger partial charge in [0, 0.05) is 35.7 Å². The Morgan fingerprint density at radius 3 is 2.69 bits per heavy atom. The molecule has 0 bridgehead atoms. The quantitative estimate of drug-likeness (QED) is 0.609. The van der Waals surface area contributed by atoms with Crippen LogP contribution in [-0.4, -0.2) is 41.7 Å². The molecule has 2 heterocycles. The molecule has 1 aromatic heterocycles. The number of hydrogen-bond donors (Lipinski definition) is 0. The molecule has 0 aliphatic carbocycles. The van der Waals surface area contributed by atoms with Crippen molar-refractivity contribution < 1.29 is 18.8 Å². The van der Waals surface area contributed by atoms with Gasteiger partial charge in [-0.3, -0.25) is 4.79 Å². The Morgan fingerprint density at radius 1 is 1.17 bits per heavy atom. The maximum atomic E-state index is 12.6. The van der Waals surface area contributed by atoms with Gasteiger partial charge in [-0.2, -0.15) is 4.98 Å². The molecular weight excluding hydrogens is 394 g/mol. The molecule has 1 fully saturated rings. The lowest BCUT2D eigenvalue weighted by molar-refractivity contribution is -0.128. The molecule has 1 saturated heterocycles. The van der Waals surface area contributed by atoms with Crippen molar-refractivity contribution in [3.8, 4) is 22.9 Å². The Hall–Kier alpha value is -3.06. The predicted molar refractivity (Wildman–Crippen MR) is 107 cm³/mol. The number of aromatic nitrogens is 2. The molecule has 7 nitrogen and oxygen atoms in total. The molecule has 2 aromatic carbocycles. The second kappa shape index (κ2) is 8.13. The lowest BCUT2D eigenvalue weighted by Crippen LogP contribution is -2.24. The predicted octanol–water partition coefficient (Wildman–Crippen LogP) is 3.92. The Bertz CT molecular complexity index is 1020. The van der Waals surface area contributed by atoms with Crippen molar-refractivity contribution >= 4 is 17.5 Å². The van der Waals surface area contributed by atoms with Gasteiger partial charge in [0.1, 0.15) is 11.5 Å². The van der Waals surface area contributed by atoms with Crippen molar-refractivity contribution in [1.82, 2.24) is 15.0 Å². The Kier molecular flexibility index (Phi) is 5.40. The van der Waals surface area contributed by atoms with E-state index in [-0.39, 0.29) is 11.8 Å². The fourth-order valence-electron chi connectivity index (χ4n) is 3.42. The number of amides is 1. The van der Waals surface area contributed by atoms with Crippen LogP contribution in [-0.2, 0) is 11.3 Å². The highest BCUT2D eigenvalue weighted by atomic mass is 35.5. The molecule has 0 spiro atoms. The molecule has 0 N–H and O–H groups in total. The summed E-state index contributed by atoms with van der Waals surface area (Å²) < 4.78 is 16.2. The Morgan fingerprint density at radius 2 is 1.97 bits per heavy atom. The summed E-state index contributed by atoms with van der Waals surface area (Å²) in [5.74, 6) is 2.26. The number of likely N-dealkylation sites (tertiary alicyclic amines) is 1.